The minimum Gasteiger partial charge on any atom is -0.309 e. The minimum absolute atomic E-state index is 1.18. The first-order valence-electron chi connectivity index (χ1n) is 18.3. The molecular weight excluding hydrogens is 627 g/mol. The van der Waals surface area contributed by atoms with Crippen LogP contribution in [0.2, 0.25) is 0 Å². The van der Waals surface area contributed by atoms with Crippen LogP contribution >= 0.6 is 0 Å². The summed E-state index contributed by atoms with van der Waals surface area (Å²) in [6, 6.07) is 68.9. The highest BCUT2D eigenvalue weighted by Crippen LogP contribution is 2.39. The molecule has 256 valence electrons. The van der Waals surface area contributed by atoms with Crippen molar-refractivity contribution < 1.29 is 0 Å². The van der Waals surface area contributed by atoms with E-state index in [0.717, 1.165) is 0 Å². The number of para-hydroxylation sites is 2. The molecular formula is C51H47N. The molecule has 0 saturated heterocycles. The number of hydrogen-bond acceptors (Lipinski definition) is 0. The summed E-state index contributed by atoms with van der Waals surface area (Å²) in [7, 11) is 0. The zero-order valence-electron chi connectivity index (χ0n) is 30.9. The fraction of sp³-hybridized carbons (Fsp3) is 0.0980. The van der Waals surface area contributed by atoms with Crippen molar-refractivity contribution in [2.24, 2.45) is 0 Å². The van der Waals surface area contributed by atoms with Gasteiger partial charge in [-0.05, 0) is 78.1 Å². The van der Waals surface area contributed by atoms with Gasteiger partial charge in [0.1, 0.15) is 0 Å². The quantitative estimate of drug-likeness (QED) is 0.176. The molecule has 0 aliphatic rings. The molecule has 0 N–H and O–H groups in total. The monoisotopic (exact) mass is 673 g/mol. The second-order valence-electron chi connectivity index (χ2n) is 12.8. The average Bonchev–Trinajstić information content (AvgIpc) is 3.54. The van der Waals surface area contributed by atoms with Gasteiger partial charge in [0.25, 0.3) is 0 Å². The zero-order valence-corrected chi connectivity index (χ0v) is 30.9. The molecule has 9 aromatic rings. The van der Waals surface area contributed by atoms with Crippen LogP contribution < -0.4 is 0 Å². The van der Waals surface area contributed by atoms with Crippen molar-refractivity contribution in [3.8, 4) is 27.9 Å². The highest BCUT2D eigenvalue weighted by molar-refractivity contribution is 6.09. The average molecular weight is 674 g/mol. The molecule has 1 aromatic heterocycles. The predicted octanol–water partition coefficient (Wildman–Crippen LogP) is 14.6. The van der Waals surface area contributed by atoms with Gasteiger partial charge in [-0.1, -0.05) is 200 Å². The molecule has 0 fully saturated rings. The van der Waals surface area contributed by atoms with Crippen LogP contribution in [-0.2, 0) is 0 Å². The maximum Gasteiger partial charge on any atom is 0.0541 e. The normalized spacial score (nSPS) is 10.4. The largest absolute Gasteiger partial charge is 0.309 e. The van der Waals surface area contributed by atoms with E-state index in [-0.39, 0.29) is 0 Å². The number of benzene rings is 8. The van der Waals surface area contributed by atoms with E-state index < -0.39 is 0 Å². The molecule has 0 atom stereocenters. The Bertz CT molecular complexity index is 2400. The van der Waals surface area contributed by atoms with Crippen LogP contribution in [0.25, 0.3) is 60.5 Å². The Kier molecular flexibility index (Phi) is 11.8. The molecule has 1 heterocycles. The number of aromatic nitrogens is 1. The molecule has 1 heteroatoms. The van der Waals surface area contributed by atoms with Gasteiger partial charge in [0.15, 0.2) is 0 Å². The second-order valence-corrected chi connectivity index (χ2v) is 12.8. The van der Waals surface area contributed by atoms with E-state index in [1.807, 2.05) is 50.2 Å². The maximum atomic E-state index is 2.37. The van der Waals surface area contributed by atoms with Crippen LogP contribution in [0.15, 0.2) is 194 Å². The maximum absolute atomic E-state index is 2.37. The van der Waals surface area contributed by atoms with Crippen molar-refractivity contribution in [1.82, 2.24) is 4.57 Å². The van der Waals surface area contributed by atoms with Crippen molar-refractivity contribution in [2.45, 2.75) is 34.6 Å². The van der Waals surface area contributed by atoms with Gasteiger partial charge in [-0.3, -0.25) is 0 Å². The van der Waals surface area contributed by atoms with Gasteiger partial charge in [-0.25, -0.2) is 0 Å². The molecule has 0 saturated carbocycles. The fourth-order valence-corrected chi connectivity index (χ4v) is 6.68. The highest BCUT2D eigenvalue weighted by Gasteiger charge is 2.14. The summed E-state index contributed by atoms with van der Waals surface area (Å²) in [5.41, 5.74) is 12.6. The number of hydrogen-bond donors (Lipinski definition) is 0. The van der Waals surface area contributed by atoms with E-state index in [9.17, 15) is 0 Å². The standard InChI is InChI=1S/C35H25N.2C7H8.C2H6/c1-24-9-8-11-27(23-24)35-29-12-3-2-10-25(29)19-22-30(35)26-17-20-28(21-18-26)36-33-15-6-4-13-31(33)32-14-5-7-16-34(32)36;2*1-7-5-3-2-4-6-7;1-2/h2-23H,1H3;2*2-6H,1H3;1-2H3. The van der Waals surface area contributed by atoms with E-state index in [1.165, 1.54) is 77.2 Å². The van der Waals surface area contributed by atoms with Gasteiger partial charge in [-0.15, -0.1) is 0 Å². The Hall–Kier alpha value is -6.18. The van der Waals surface area contributed by atoms with E-state index >= 15 is 0 Å². The van der Waals surface area contributed by atoms with Gasteiger partial charge in [-0.2, -0.15) is 0 Å². The first kappa shape index (κ1) is 35.6. The second kappa shape index (κ2) is 17.2. The topological polar surface area (TPSA) is 4.93 Å². The van der Waals surface area contributed by atoms with Crippen molar-refractivity contribution >= 4 is 32.6 Å². The molecule has 8 aromatic carbocycles. The smallest absolute Gasteiger partial charge is 0.0541 e. The third kappa shape index (κ3) is 8.06. The van der Waals surface area contributed by atoms with Crippen LogP contribution in [0.4, 0.5) is 0 Å². The Morgan fingerprint density at radius 2 is 0.827 bits per heavy atom. The minimum atomic E-state index is 1.18. The first-order chi connectivity index (χ1) is 25.6. The Balaban J connectivity index is 0.000000241. The van der Waals surface area contributed by atoms with Crippen molar-refractivity contribution in [3.63, 3.8) is 0 Å². The van der Waals surface area contributed by atoms with Crippen LogP contribution in [-0.4, -0.2) is 4.57 Å². The van der Waals surface area contributed by atoms with Crippen molar-refractivity contribution in [2.75, 3.05) is 0 Å². The predicted molar refractivity (Wildman–Crippen MR) is 228 cm³/mol. The lowest BCUT2D eigenvalue weighted by Gasteiger charge is -2.15. The summed E-state index contributed by atoms with van der Waals surface area (Å²) >= 11 is 0. The molecule has 0 aliphatic heterocycles. The zero-order chi connectivity index (χ0) is 36.3. The molecule has 0 spiro atoms. The number of nitrogens with zero attached hydrogens (tertiary/aromatic N) is 1. The van der Waals surface area contributed by atoms with Gasteiger partial charge in [0, 0.05) is 16.5 Å². The molecule has 0 unspecified atom stereocenters. The molecule has 52 heavy (non-hydrogen) atoms. The molecule has 0 bridgehead atoms. The number of fused-ring (bicyclic) bond motifs is 4. The van der Waals surface area contributed by atoms with Crippen LogP contribution in [0.5, 0.6) is 0 Å². The lowest BCUT2D eigenvalue weighted by Crippen LogP contribution is -1.94. The summed E-state index contributed by atoms with van der Waals surface area (Å²) in [5, 5.41) is 5.12. The summed E-state index contributed by atoms with van der Waals surface area (Å²) in [4.78, 5) is 0. The third-order valence-electron chi connectivity index (χ3n) is 9.13. The molecule has 0 aliphatic carbocycles. The van der Waals surface area contributed by atoms with Crippen LogP contribution in [0.3, 0.4) is 0 Å². The summed E-state index contributed by atoms with van der Waals surface area (Å²) in [5.74, 6) is 0. The Morgan fingerprint density at radius 1 is 0.346 bits per heavy atom. The summed E-state index contributed by atoms with van der Waals surface area (Å²) in [6.45, 7) is 10.3. The van der Waals surface area contributed by atoms with Gasteiger partial charge < -0.3 is 4.57 Å². The van der Waals surface area contributed by atoms with Gasteiger partial charge in [0.2, 0.25) is 0 Å². The Labute approximate surface area is 309 Å². The molecule has 1 nitrogen and oxygen atoms in total. The van der Waals surface area contributed by atoms with Gasteiger partial charge >= 0.3 is 0 Å². The SMILES string of the molecule is CC.Cc1cccc(-c2c(-c3ccc(-n4c5ccccc5c5ccccc54)cc3)ccc3ccccc23)c1.Cc1ccccc1.Cc1ccccc1. The Morgan fingerprint density at radius 3 is 1.35 bits per heavy atom. The summed E-state index contributed by atoms with van der Waals surface area (Å²) in [6.07, 6.45) is 0. The van der Waals surface area contributed by atoms with Crippen LogP contribution in [0.1, 0.15) is 30.5 Å². The lowest BCUT2D eigenvalue weighted by atomic mass is 9.89. The van der Waals surface area contributed by atoms with E-state index in [1.54, 1.807) is 0 Å². The van der Waals surface area contributed by atoms with Crippen molar-refractivity contribution in [3.05, 3.63) is 211 Å². The van der Waals surface area contributed by atoms with E-state index in [2.05, 4.69) is 183 Å². The number of aryl methyl sites for hydroxylation is 3. The highest BCUT2D eigenvalue weighted by atomic mass is 15.0. The van der Waals surface area contributed by atoms with E-state index in [0.29, 0.717) is 0 Å². The lowest BCUT2D eigenvalue weighted by molar-refractivity contribution is 1.18. The third-order valence-corrected chi connectivity index (χ3v) is 9.13. The van der Waals surface area contributed by atoms with Crippen molar-refractivity contribution in [1.29, 1.82) is 0 Å². The molecule has 9 rings (SSSR count). The van der Waals surface area contributed by atoms with Crippen LogP contribution in [0, 0.1) is 20.8 Å². The first-order valence-corrected chi connectivity index (χ1v) is 18.3. The van der Waals surface area contributed by atoms with Gasteiger partial charge in [0.05, 0.1) is 11.0 Å². The summed E-state index contributed by atoms with van der Waals surface area (Å²) < 4.78 is 2.37. The fourth-order valence-electron chi connectivity index (χ4n) is 6.68. The molecule has 0 radical (unpaired) electrons. The molecule has 0 amide bonds. The number of rotatable bonds is 3. The van der Waals surface area contributed by atoms with E-state index in [4.69, 9.17) is 0 Å².